The summed E-state index contributed by atoms with van der Waals surface area (Å²) in [6.45, 7) is 5.36. The lowest BCUT2D eigenvalue weighted by Gasteiger charge is -2.21. The number of nitrogens with zero attached hydrogens (tertiary/aromatic N) is 1. The molecular weight excluding hydrogens is 304 g/mol. The van der Waals surface area contributed by atoms with Crippen molar-refractivity contribution in [3.05, 3.63) is 67.3 Å². The van der Waals surface area contributed by atoms with Crippen molar-refractivity contribution >= 4 is 23.2 Å². The molecule has 5 heteroatoms. The summed E-state index contributed by atoms with van der Waals surface area (Å²) in [5, 5.41) is 2.68. The van der Waals surface area contributed by atoms with E-state index in [-0.39, 0.29) is 18.4 Å². The highest BCUT2D eigenvalue weighted by Crippen LogP contribution is 2.24. The van der Waals surface area contributed by atoms with Gasteiger partial charge in [-0.2, -0.15) is 0 Å². The Kier molecular flexibility index (Phi) is 6.14. The van der Waals surface area contributed by atoms with Crippen LogP contribution in [0.25, 0.3) is 0 Å². The van der Waals surface area contributed by atoms with Crippen LogP contribution in [0.1, 0.15) is 6.92 Å². The Balaban J connectivity index is 2.09. The van der Waals surface area contributed by atoms with E-state index in [1.165, 1.54) is 6.92 Å². The zero-order valence-corrected chi connectivity index (χ0v) is 13.6. The predicted octanol–water partition coefficient (Wildman–Crippen LogP) is 3.24. The Morgan fingerprint density at radius 3 is 2.46 bits per heavy atom. The molecule has 24 heavy (non-hydrogen) atoms. The number of ether oxygens (including phenoxy) is 1. The Hall–Kier alpha value is -3.08. The van der Waals surface area contributed by atoms with E-state index in [2.05, 4.69) is 11.9 Å². The van der Waals surface area contributed by atoms with Crippen LogP contribution in [-0.2, 0) is 9.59 Å². The van der Waals surface area contributed by atoms with Crippen LogP contribution in [0.4, 0.5) is 11.4 Å². The van der Waals surface area contributed by atoms with Gasteiger partial charge in [0, 0.05) is 19.2 Å². The normalized spacial score (nSPS) is 9.88. The Labute approximate surface area is 141 Å². The molecule has 2 aromatic carbocycles. The van der Waals surface area contributed by atoms with Crippen molar-refractivity contribution in [3.63, 3.8) is 0 Å². The van der Waals surface area contributed by atoms with Gasteiger partial charge in [-0.25, -0.2) is 0 Å². The number of hydrogen-bond donors (Lipinski definition) is 1. The summed E-state index contributed by atoms with van der Waals surface area (Å²) in [5.74, 6) is 0.0568. The summed E-state index contributed by atoms with van der Waals surface area (Å²) in [6.07, 6.45) is 1.66. The van der Waals surface area contributed by atoms with E-state index in [4.69, 9.17) is 4.74 Å². The number of anilines is 2. The molecule has 0 saturated carbocycles. The summed E-state index contributed by atoms with van der Waals surface area (Å²) >= 11 is 0. The number of nitrogens with one attached hydrogen (secondary N) is 1. The summed E-state index contributed by atoms with van der Waals surface area (Å²) in [6, 6.07) is 16.3. The standard InChI is InChI=1S/C19H20N2O3/c1-3-13-21(16-9-5-4-6-10-16)19(23)14-24-18-12-8-7-11-17(18)20-15(2)22/h3-12H,1,13-14H2,2H3,(H,20,22). The van der Waals surface area contributed by atoms with Crippen molar-refractivity contribution in [1.29, 1.82) is 0 Å². The molecule has 0 aromatic heterocycles. The van der Waals surface area contributed by atoms with E-state index in [9.17, 15) is 9.59 Å². The summed E-state index contributed by atoms with van der Waals surface area (Å²) in [4.78, 5) is 25.3. The first kappa shape index (κ1) is 17.3. The molecule has 0 unspecified atom stereocenters. The zero-order chi connectivity index (χ0) is 17.4. The highest BCUT2D eigenvalue weighted by atomic mass is 16.5. The predicted molar refractivity (Wildman–Crippen MR) is 95.2 cm³/mol. The van der Waals surface area contributed by atoms with Gasteiger partial charge in [-0.1, -0.05) is 36.4 Å². The van der Waals surface area contributed by atoms with Gasteiger partial charge in [0.15, 0.2) is 6.61 Å². The minimum absolute atomic E-state index is 0.140. The number of benzene rings is 2. The fourth-order valence-electron chi connectivity index (χ4n) is 2.19. The van der Waals surface area contributed by atoms with Crippen LogP contribution >= 0.6 is 0 Å². The first-order valence-electron chi connectivity index (χ1n) is 7.57. The zero-order valence-electron chi connectivity index (χ0n) is 13.6. The molecule has 0 heterocycles. The number of amides is 2. The third-order valence-electron chi connectivity index (χ3n) is 3.23. The van der Waals surface area contributed by atoms with Gasteiger partial charge in [0.1, 0.15) is 5.75 Å². The Bertz CT molecular complexity index is 714. The first-order chi connectivity index (χ1) is 11.6. The van der Waals surface area contributed by atoms with Crippen molar-refractivity contribution in [2.75, 3.05) is 23.4 Å². The lowest BCUT2D eigenvalue weighted by molar-refractivity contribution is -0.120. The molecule has 0 atom stereocenters. The minimum Gasteiger partial charge on any atom is -0.482 e. The number of carbonyl (C=O) groups excluding carboxylic acids is 2. The van der Waals surface area contributed by atoms with E-state index in [1.54, 1.807) is 35.2 Å². The van der Waals surface area contributed by atoms with E-state index in [0.717, 1.165) is 5.69 Å². The molecule has 2 aromatic rings. The molecule has 0 saturated heterocycles. The first-order valence-corrected chi connectivity index (χ1v) is 7.57. The second-order valence-electron chi connectivity index (χ2n) is 5.09. The number of para-hydroxylation sites is 3. The van der Waals surface area contributed by atoms with Crippen molar-refractivity contribution in [2.45, 2.75) is 6.92 Å². The smallest absolute Gasteiger partial charge is 0.265 e. The third kappa shape index (κ3) is 4.71. The number of carbonyl (C=O) groups is 2. The van der Waals surface area contributed by atoms with E-state index in [1.807, 2.05) is 30.3 Å². The second-order valence-corrected chi connectivity index (χ2v) is 5.09. The number of rotatable bonds is 7. The van der Waals surface area contributed by atoms with Crippen LogP contribution in [0.2, 0.25) is 0 Å². The molecule has 0 fully saturated rings. The molecule has 1 N–H and O–H groups in total. The lowest BCUT2D eigenvalue weighted by Crippen LogP contribution is -2.35. The molecular formula is C19H20N2O3. The van der Waals surface area contributed by atoms with Crippen LogP contribution in [0, 0.1) is 0 Å². The van der Waals surface area contributed by atoms with Gasteiger partial charge in [-0.3, -0.25) is 9.59 Å². The SMILES string of the molecule is C=CCN(C(=O)COc1ccccc1NC(C)=O)c1ccccc1. The average Bonchev–Trinajstić information content (AvgIpc) is 2.59. The van der Waals surface area contributed by atoms with Crippen molar-refractivity contribution in [2.24, 2.45) is 0 Å². The highest BCUT2D eigenvalue weighted by Gasteiger charge is 2.15. The molecule has 0 spiro atoms. The molecule has 0 bridgehead atoms. The summed E-state index contributed by atoms with van der Waals surface area (Å²) in [5.41, 5.74) is 1.31. The molecule has 2 rings (SSSR count). The second kappa shape index (κ2) is 8.53. The van der Waals surface area contributed by atoms with Crippen molar-refractivity contribution in [3.8, 4) is 5.75 Å². The van der Waals surface area contributed by atoms with Gasteiger partial charge in [-0.05, 0) is 24.3 Å². The van der Waals surface area contributed by atoms with Crippen molar-refractivity contribution < 1.29 is 14.3 Å². The molecule has 124 valence electrons. The molecule has 5 nitrogen and oxygen atoms in total. The monoisotopic (exact) mass is 324 g/mol. The highest BCUT2D eigenvalue weighted by molar-refractivity contribution is 5.95. The van der Waals surface area contributed by atoms with Crippen LogP contribution in [0.15, 0.2) is 67.3 Å². The summed E-state index contributed by atoms with van der Waals surface area (Å²) in [7, 11) is 0. The van der Waals surface area contributed by atoms with E-state index in [0.29, 0.717) is 18.0 Å². The topological polar surface area (TPSA) is 58.6 Å². The minimum atomic E-state index is -0.199. The molecule has 2 amide bonds. The quantitative estimate of drug-likeness (QED) is 0.795. The van der Waals surface area contributed by atoms with Crippen LogP contribution in [0.3, 0.4) is 0 Å². The maximum absolute atomic E-state index is 12.5. The van der Waals surface area contributed by atoms with Crippen LogP contribution < -0.4 is 15.0 Å². The van der Waals surface area contributed by atoms with Crippen LogP contribution in [-0.4, -0.2) is 25.0 Å². The van der Waals surface area contributed by atoms with Gasteiger partial charge in [0.05, 0.1) is 5.69 Å². The largest absolute Gasteiger partial charge is 0.482 e. The fourth-order valence-corrected chi connectivity index (χ4v) is 2.19. The fraction of sp³-hybridized carbons (Fsp3) is 0.158. The van der Waals surface area contributed by atoms with Gasteiger partial charge in [-0.15, -0.1) is 6.58 Å². The molecule has 0 aliphatic heterocycles. The Morgan fingerprint density at radius 1 is 1.12 bits per heavy atom. The van der Waals surface area contributed by atoms with Gasteiger partial charge >= 0.3 is 0 Å². The van der Waals surface area contributed by atoms with E-state index < -0.39 is 0 Å². The maximum Gasteiger partial charge on any atom is 0.265 e. The lowest BCUT2D eigenvalue weighted by atomic mass is 10.2. The summed E-state index contributed by atoms with van der Waals surface area (Å²) < 4.78 is 5.61. The molecule has 0 aliphatic rings. The maximum atomic E-state index is 12.5. The number of hydrogen-bond acceptors (Lipinski definition) is 3. The van der Waals surface area contributed by atoms with Gasteiger partial charge < -0.3 is 15.0 Å². The third-order valence-corrected chi connectivity index (χ3v) is 3.23. The van der Waals surface area contributed by atoms with Crippen molar-refractivity contribution in [1.82, 2.24) is 0 Å². The van der Waals surface area contributed by atoms with Gasteiger partial charge in [0.25, 0.3) is 5.91 Å². The average molecular weight is 324 g/mol. The molecule has 0 radical (unpaired) electrons. The Morgan fingerprint density at radius 2 is 1.79 bits per heavy atom. The molecule has 0 aliphatic carbocycles. The van der Waals surface area contributed by atoms with Gasteiger partial charge in [0.2, 0.25) is 5.91 Å². The van der Waals surface area contributed by atoms with E-state index >= 15 is 0 Å². The van der Waals surface area contributed by atoms with Crippen LogP contribution in [0.5, 0.6) is 5.75 Å².